The van der Waals surface area contributed by atoms with E-state index in [4.69, 9.17) is 4.74 Å². The van der Waals surface area contributed by atoms with E-state index < -0.39 is 0 Å². The molecule has 0 atom stereocenters. The van der Waals surface area contributed by atoms with Gasteiger partial charge < -0.3 is 15.0 Å². The molecule has 0 aromatic heterocycles. The molecule has 21 heavy (non-hydrogen) atoms. The molecule has 4 nitrogen and oxygen atoms in total. The Morgan fingerprint density at radius 1 is 1.19 bits per heavy atom. The number of hydrogen-bond acceptors (Lipinski definition) is 3. The molecule has 1 heterocycles. The van der Waals surface area contributed by atoms with Crippen molar-refractivity contribution in [1.82, 2.24) is 10.2 Å². The normalized spacial score (nSPS) is 26.4. The van der Waals surface area contributed by atoms with E-state index in [9.17, 15) is 4.79 Å². The molecule has 1 saturated carbocycles. The zero-order chi connectivity index (χ0) is 15.1. The van der Waals surface area contributed by atoms with Crippen LogP contribution in [0.5, 0.6) is 0 Å². The maximum absolute atomic E-state index is 12.5. The molecule has 122 valence electrons. The molecule has 4 heteroatoms. The fraction of sp³-hybridized carbons (Fsp3) is 0.941. The Bertz CT molecular complexity index is 310. The second-order valence-electron chi connectivity index (χ2n) is 6.65. The standard InChI is InChI=1S/C17H32N2O2/c1-3-9-19(13-14-5-7-18-8-6-14)17(20)12-15-10-16(11-15)21-4-2/h14-16,18H,3-13H2,1-2H3. The number of hydrogen-bond donors (Lipinski definition) is 1. The number of rotatable bonds is 8. The van der Waals surface area contributed by atoms with Crippen molar-refractivity contribution in [2.75, 3.05) is 32.8 Å². The van der Waals surface area contributed by atoms with Crippen LogP contribution < -0.4 is 5.32 Å². The molecule has 1 N–H and O–H groups in total. The lowest BCUT2D eigenvalue weighted by Crippen LogP contribution is -2.42. The third kappa shape index (κ3) is 5.26. The van der Waals surface area contributed by atoms with Gasteiger partial charge in [-0.2, -0.15) is 0 Å². The van der Waals surface area contributed by atoms with Gasteiger partial charge in [0.25, 0.3) is 0 Å². The molecule has 0 aromatic carbocycles. The van der Waals surface area contributed by atoms with E-state index in [1.807, 2.05) is 6.92 Å². The number of nitrogens with zero attached hydrogens (tertiary/aromatic N) is 1. The van der Waals surface area contributed by atoms with Crippen LogP contribution in [0.2, 0.25) is 0 Å². The largest absolute Gasteiger partial charge is 0.378 e. The van der Waals surface area contributed by atoms with Crippen molar-refractivity contribution in [1.29, 1.82) is 0 Å². The molecule has 1 aliphatic heterocycles. The summed E-state index contributed by atoms with van der Waals surface area (Å²) >= 11 is 0. The van der Waals surface area contributed by atoms with Gasteiger partial charge in [0.1, 0.15) is 0 Å². The molecule has 2 fully saturated rings. The lowest BCUT2D eigenvalue weighted by molar-refractivity contribution is -0.135. The van der Waals surface area contributed by atoms with E-state index in [2.05, 4.69) is 17.1 Å². The number of carbonyl (C=O) groups is 1. The van der Waals surface area contributed by atoms with Gasteiger partial charge in [0.15, 0.2) is 0 Å². The van der Waals surface area contributed by atoms with Crippen LogP contribution in [0, 0.1) is 11.8 Å². The van der Waals surface area contributed by atoms with Gasteiger partial charge in [-0.25, -0.2) is 0 Å². The van der Waals surface area contributed by atoms with Crippen molar-refractivity contribution in [3.8, 4) is 0 Å². The summed E-state index contributed by atoms with van der Waals surface area (Å²) < 4.78 is 5.59. The third-order valence-corrected chi connectivity index (χ3v) is 4.84. The number of amides is 1. The lowest BCUT2D eigenvalue weighted by Gasteiger charge is -2.36. The third-order valence-electron chi connectivity index (χ3n) is 4.84. The predicted molar refractivity (Wildman–Crippen MR) is 85.2 cm³/mol. The highest BCUT2D eigenvalue weighted by Crippen LogP contribution is 2.33. The summed E-state index contributed by atoms with van der Waals surface area (Å²) in [6.07, 6.45) is 6.78. The van der Waals surface area contributed by atoms with E-state index in [1.54, 1.807) is 0 Å². The van der Waals surface area contributed by atoms with Crippen molar-refractivity contribution in [2.45, 2.75) is 58.5 Å². The average molecular weight is 296 g/mol. The second-order valence-corrected chi connectivity index (χ2v) is 6.65. The number of carbonyl (C=O) groups excluding carboxylic acids is 1. The van der Waals surface area contributed by atoms with Gasteiger partial charge in [-0.05, 0) is 64.0 Å². The maximum atomic E-state index is 12.5. The average Bonchev–Trinajstić information content (AvgIpc) is 2.45. The minimum atomic E-state index is 0.371. The van der Waals surface area contributed by atoms with Crippen LogP contribution in [-0.4, -0.2) is 49.7 Å². The van der Waals surface area contributed by atoms with Gasteiger partial charge in [0.05, 0.1) is 6.10 Å². The topological polar surface area (TPSA) is 41.6 Å². The van der Waals surface area contributed by atoms with Crippen molar-refractivity contribution < 1.29 is 9.53 Å². The Labute approximate surface area is 129 Å². The molecular formula is C17H32N2O2. The monoisotopic (exact) mass is 296 g/mol. The molecule has 2 rings (SSSR count). The molecule has 0 unspecified atom stereocenters. The zero-order valence-electron chi connectivity index (χ0n) is 13.8. The summed E-state index contributed by atoms with van der Waals surface area (Å²) in [5.41, 5.74) is 0. The van der Waals surface area contributed by atoms with Crippen molar-refractivity contribution in [2.24, 2.45) is 11.8 Å². The van der Waals surface area contributed by atoms with E-state index >= 15 is 0 Å². The molecule has 1 aliphatic carbocycles. The molecule has 0 spiro atoms. The Morgan fingerprint density at radius 3 is 2.52 bits per heavy atom. The summed E-state index contributed by atoms with van der Waals surface area (Å²) in [5, 5.41) is 3.40. The number of piperidine rings is 1. The quantitative estimate of drug-likeness (QED) is 0.748. The first-order valence-corrected chi connectivity index (χ1v) is 8.83. The summed E-state index contributed by atoms with van der Waals surface area (Å²) in [4.78, 5) is 14.7. The highest BCUT2D eigenvalue weighted by atomic mass is 16.5. The van der Waals surface area contributed by atoms with Gasteiger partial charge in [-0.15, -0.1) is 0 Å². The van der Waals surface area contributed by atoms with Crippen LogP contribution in [0.15, 0.2) is 0 Å². The first-order valence-electron chi connectivity index (χ1n) is 8.83. The van der Waals surface area contributed by atoms with Crippen LogP contribution in [0.25, 0.3) is 0 Å². The Kier molecular flexibility index (Phi) is 6.97. The van der Waals surface area contributed by atoms with E-state index in [-0.39, 0.29) is 0 Å². The minimum absolute atomic E-state index is 0.371. The highest BCUT2D eigenvalue weighted by molar-refractivity contribution is 5.76. The summed E-state index contributed by atoms with van der Waals surface area (Å²) in [6.45, 7) is 9.11. The first kappa shape index (κ1) is 16.8. The van der Waals surface area contributed by atoms with E-state index in [1.165, 1.54) is 12.8 Å². The lowest BCUT2D eigenvalue weighted by atomic mass is 9.79. The number of nitrogens with one attached hydrogen (secondary N) is 1. The van der Waals surface area contributed by atoms with Crippen LogP contribution >= 0.6 is 0 Å². The predicted octanol–water partition coefficient (Wildman–Crippen LogP) is 2.43. The van der Waals surface area contributed by atoms with Crippen molar-refractivity contribution in [3.05, 3.63) is 0 Å². The fourth-order valence-electron chi connectivity index (χ4n) is 3.55. The zero-order valence-corrected chi connectivity index (χ0v) is 13.8. The summed E-state index contributed by atoms with van der Waals surface area (Å²) in [6, 6.07) is 0. The molecule has 0 bridgehead atoms. The first-order chi connectivity index (χ1) is 10.2. The molecule has 1 amide bonds. The molecule has 1 saturated heterocycles. The van der Waals surface area contributed by atoms with Crippen LogP contribution in [0.1, 0.15) is 52.4 Å². The highest BCUT2D eigenvalue weighted by Gasteiger charge is 2.32. The van der Waals surface area contributed by atoms with Gasteiger partial charge in [-0.3, -0.25) is 4.79 Å². The molecule has 0 radical (unpaired) electrons. The van der Waals surface area contributed by atoms with Crippen LogP contribution in [-0.2, 0) is 9.53 Å². The second kappa shape index (κ2) is 8.74. The Morgan fingerprint density at radius 2 is 1.90 bits per heavy atom. The Hall–Kier alpha value is -0.610. The van der Waals surface area contributed by atoms with Crippen LogP contribution in [0.4, 0.5) is 0 Å². The van der Waals surface area contributed by atoms with Gasteiger partial charge >= 0.3 is 0 Å². The molecule has 2 aliphatic rings. The smallest absolute Gasteiger partial charge is 0.222 e. The van der Waals surface area contributed by atoms with Gasteiger partial charge in [0.2, 0.25) is 5.91 Å². The Balaban J connectivity index is 1.73. The minimum Gasteiger partial charge on any atom is -0.378 e. The maximum Gasteiger partial charge on any atom is 0.222 e. The van der Waals surface area contributed by atoms with Crippen molar-refractivity contribution in [3.63, 3.8) is 0 Å². The van der Waals surface area contributed by atoms with Crippen LogP contribution in [0.3, 0.4) is 0 Å². The van der Waals surface area contributed by atoms with Gasteiger partial charge in [0, 0.05) is 26.1 Å². The summed E-state index contributed by atoms with van der Waals surface area (Å²) in [7, 11) is 0. The molecular weight excluding hydrogens is 264 g/mol. The van der Waals surface area contributed by atoms with Gasteiger partial charge in [-0.1, -0.05) is 6.92 Å². The number of ether oxygens (including phenoxy) is 1. The van der Waals surface area contributed by atoms with E-state index in [0.29, 0.717) is 23.8 Å². The van der Waals surface area contributed by atoms with Crippen molar-refractivity contribution >= 4 is 5.91 Å². The SMILES string of the molecule is CCCN(CC1CCNCC1)C(=O)CC1CC(OCC)C1. The van der Waals surface area contributed by atoms with E-state index in [0.717, 1.165) is 58.5 Å². The molecule has 0 aromatic rings. The fourth-order valence-corrected chi connectivity index (χ4v) is 3.55. The summed E-state index contributed by atoms with van der Waals surface area (Å²) in [5.74, 6) is 1.62.